The summed E-state index contributed by atoms with van der Waals surface area (Å²) in [6, 6.07) is 9.06. The predicted molar refractivity (Wildman–Crippen MR) is 119 cm³/mol. The smallest absolute Gasteiger partial charge is 0.335 e. The van der Waals surface area contributed by atoms with Crippen LogP contribution in [0.5, 0.6) is 5.88 Å². The average molecular weight is 438 g/mol. The van der Waals surface area contributed by atoms with E-state index >= 15 is 0 Å². The summed E-state index contributed by atoms with van der Waals surface area (Å²) in [5.41, 5.74) is 1.38. The molecule has 0 amide bonds. The first-order valence-corrected chi connectivity index (χ1v) is 9.69. The Bertz CT molecular complexity index is 1300. The molecule has 166 valence electrons. The lowest BCUT2D eigenvalue weighted by Gasteiger charge is -2.15. The van der Waals surface area contributed by atoms with Gasteiger partial charge in [0.25, 0.3) is 11.2 Å². The van der Waals surface area contributed by atoms with Gasteiger partial charge in [0.05, 0.1) is 23.3 Å². The third-order valence-corrected chi connectivity index (χ3v) is 4.97. The number of nitro benzene ring substituents is 1. The topological polar surface area (TPSA) is 151 Å². The molecule has 1 heterocycles. The molecule has 10 nitrogen and oxygen atoms in total. The van der Waals surface area contributed by atoms with E-state index in [1.807, 2.05) is 19.1 Å². The molecule has 2 aromatic carbocycles. The van der Waals surface area contributed by atoms with Gasteiger partial charge in [0.15, 0.2) is 0 Å². The quantitative estimate of drug-likeness (QED) is 0.305. The van der Waals surface area contributed by atoms with Crippen LogP contribution in [0.3, 0.4) is 0 Å². The maximum atomic E-state index is 12.5. The Balaban J connectivity index is 1.93. The highest BCUT2D eigenvalue weighted by molar-refractivity contribution is 5.82. The molecule has 32 heavy (non-hydrogen) atoms. The van der Waals surface area contributed by atoms with E-state index in [9.17, 15) is 29.9 Å². The van der Waals surface area contributed by atoms with E-state index in [-0.39, 0.29) is 17.8 Å². The number of nitrogens with one attached hydrogen (secondary N) is 1. The molecule has 0 aliphatic heterocycles. The summed E-state index contributed by atoms with van der Waals surface area (Å²) in [6.45, 7) is 5.33. The second-order valence-corrected chi connectivity index (χ2v) is 7.44. The number of aliphatic imine (C=N–C) groups is 1. The van der Waals surface area contributed by atoms with Crippen molar-refractivity contribution in [3.05, 3.63) is 95.2 Å². The van der Waals surface area contributed by atoms with Gasteiger partial charge in [-0.15, -0.1) is 0 Å². The van der Waals surface area contributed by atoms with E-state index in [0.29, 0.717) is 11.3 Å². The average Bonchev–Trinajstić information content (AvgIpc) is 2.72. The van der Waals surface area contributed by atoms with Crippen LogP contribution in [-0.4, -0.2) is 37.4 Å². The molecule has 3 rings (SSSR count). The number of hydrogen-bond donors (Lipinski definition) is 3. The number of aromatic amines is 1. The number of aryl methyl sites for hydroxylation is 3. The number of H-pyrrole nitrogens is 1. The maximum Gasteiger partial charge on any atom is 0.335 e. The number of nitro groups is 1. The Morgan fingerprint density at radius 3 is 2.31 bits per heavy atom. The highest BCUT2D eigenvalue weighted by Gasteiger charge is 2.18. The van der Waals surface area contributed by atoms with Gasteiger partial charge in [-0.2, -0.15) is 0 Å². The first-order valence-electron chi connectivity index (χ1n) is 9.69. The molecular formula is C22H22N4O6. The van der Waals surface area contributed by atoms with Crippen molar-refractivity contribution in [3.63, 3.8) is 0 Å². The monoisotopic (exact) mass is 438 g/mol. The molecule has 0 bridgehead atoms. The Morgan fingerprint density at radius 1 is 1.16 bits per heavy atom. The number of hydrogen-bond acceptors (Lipinski definition) is 7. The fourth-order valence-electron chi connectivity index (χ4n) is 3.55. The van der Waals surface area contributed by atoms with Crippen molar-refractivity contribution in [1.29, 1.82) is 0 Å². The van der Waals surface area contributed by atoms with Crippen molar-refractivity contribution < 1.29 is 15.1 Å². The molecule has 0 aliphatic carbocycles. The van der Waals surface area contributed by atoms with E-state index in [1.54, 1.807) is 13.8 Å². The molecule has 0 saturated heterocycles. The zero-order chi connectivity index (χ0) is 23.6. The maximum absolute atomic E-state index is 12.5. The second-order valence-electron chi connectivity index (χ2n) is 7.44. The second kappa shape index (κ2) is 8.98. The molecule has 0 fully saturated rings. The lowest BCUT2D eigenvalue weighted by Crippen LogP contribution is -2.32. The van der Waals surface area contributed by atoms with Gasteiger partial charge in [-0.1, -0.05) is 17.7 Å². The van der Waals surface area contributed by atoms with Crippen LogP contribution in [-0.2, 0) is 0 Å². The SMILES string of the molecule is Cc1cc(C)c(-n2c(O)c(C=NC[C@H](O)c3ccc([N+](=O)[O-])cc3)c(=O)[nH]c2=O)c(C)c1. The van der Waals surface area contributed by atoms with Gasteiger partial charge in [0.1, 0.15) is 5.56 Å². The minimum absolute atomic E-state index is 0.107. The van der Waals surface area contributed by atoms with Gasteiger partial charge in [-0.05, 0) is 49.6 Å². The number of non-ortho nitro benzene ring substituents is 1. The molecule has 0 radical (unpaired) electrons. The Hall–Kier alpha value is -4.05. The highest BCUT2D eigenvalue weighted by atomic mass is 16.6. The number of aliphatic hydroxyl groups excluding tert-OH is 1. The normalized spacial score (nSPS) is 12.2. The van der Waals surface area contributed by atoms with Gasteiger partial charge in [0.2, 0.25) is 5.88 Å². The molecule has 3 aromatic rings. The Kier molecular flexibility index (Phi) is 6.35. The lowest BCUT2D eigenvalue weighted by atomic mass is 10.0. The third-order valence-electron chi connectivity index (χ3n) is 4.97. The predicted octanol–water partition coefficient (Wildman–Crippen LogP) is 2.22. The van der Waals surface area contributed by atoms with Crippen molar-refractivity contribution >= 4 is 11.9 Å². The van der Waals surface area contributed by atoms with Crippen LogP contribution in [0.15, 0.2) is 51.0 Å². The van der Waals surface area contributed by atoms with Crippen molar-refractivity contribution in [2.24, 2.45) is 4.99 Å². The summed E-state index contributed by atoms with van der Waals surface area (Å²) in [5, 5.41) is 31.7. The van der Waals surface area contributed by atoms with Crippen LogP contribution in [0.4, 0.5) is 5.69 Å². The summed E-state index contributed by atoms with van der Waals surface area (Å²) >= 11 is 0. The highest BCUT2D eigenvalue weighted by Crippen LogP contribution is 2.24. The number of aromatic hydroxyl groups is 1. The molecule has 0 aliphatic rings. The van der Waals surface area contributed by atoms with Gasteiger partial charge < -0.3 is 10.2 Å². The van der Waals surface area contributed by atoms with Crippen molar-refractivity contribution in [2.45, 2.75) is 26.9 Å². The molecule has 0 spiro atoms. The van der Waals surface area contributed by atoms with Gasteiger partial charge in [0, 0.05) is 18.3 Å². The summed E-state index contributed by atoms with van der Waals surface area (Å²) in [4.78, 5) is 41.1. The summed E-state index contributed by atoms with van der Waals surface area (Å²) in [7, 11) is 0. The van der Waals surface area contributed by atoms with Crippen molar-refractivity contribution in [1.82, 2.24) is 9.55 Å². The lowest BCUT2D eigenvalue weighted by molar-refractivity contribution is -0.384. The van der Waals surface area contributed by atoms with Crippen LogP contribution in [0, 0.1) is 30.9 Å². The fraction of sp³-hybridized carbons (Fsp3) is 0.227. The molecule has 1 atom stereocenters. The third kappa shape index (κ3) is 4.49. The van der Waals surface area contributed by atoms with Gasteiger partial charge >= 0.3 is 5.69 Å². The molecule has 3 N–H and O–H groups in total. The Morgan fingerprint density at radius 2 is 1.75 bits per heavy atom. The number of aromatic nitrogens is 2. The summed E-state index contributed by atoms with van der Waals surface area (Å²) in [5.74, 6) is -0.567. The van der Waals surface area contributed by atoms with Gasteiger partial charge in [-0.3, -0.25) is 24.9 Å². The molecule has 0 saturated carbocycles. The zero-order valence-electron chi connectivity index (χ0n) is 17.7. The van der Waals surface area contributed by atoms with Crippen molar-refractivity contribution in [2.75, 3.05) is 6.54 Å². The minimum atomic E-state index is -1.08. The van der Waals surface area contributed by atoms with Crippen LogP contribution in [0.1, 0.15) is 33.9 Å². The molecule has 1 aromatic heterocycles. The van der Waals surface area contributed by atoms with Crippen LogP contribution >= 0.6 is 0 Å². The molecule has 10 heteroatoms. The van der Waals surface area contributed by atoms with Crippen LogP contribution in [0.25, 0.3) is 5.69 Å². The van der Waals surface area contributed by atoms with E-state index in [0.717, 1.165) is 27.5 Å². The summed E-state index contributed by atoms with van der Waals surface area (Å²) in [6.07, 6.45) is -0.00169. The van der Waals surface area contributed by atoms with E-state index in [1.165, 1.54) is 24.3 Å². The fourth-order valence-corrected chi connectivity index (χ4v) is 3.55. The molecule has 0 unspecified atom stereocenters. The number of benzene rings is 2. The van der Waals surface area contributed by atoms with Crippen molar-refractivity contribution in [3.8, 4) is 11.6 Å². The summed E-state index contributed by atoms with van der Waals surface area (Å²) < 4.78 is 1.01. The zero-order valence-corrected chi connectivity index (χ0v) is 17.7. The van der Waals surface area contributed by atoms with E-state index in [2.05, 4.69) is 9.98 Å². The first kappa shape index (κ1) is 22.6. The van der Waals surface area contributed by atoms with E-state index < -0.39 is 28.2 Å². The first-order chi connectivity index (χ1) is 15.1. The minimum Gasteiger partial charge on any atom is -0.493 e. The largest absolute Gasteiger partial charge is 0.493 e. The number of aliphatic hydroxyl groups is 1. The number of nitrogens with zero attached hydrogens (tertiary/aromatic N) is 3. The standard InChI is InChI=1S/C22H22N4O6/c1-12-8-13(2)19(14(3)9-12)25-21(29)17(20(28)24-22(25)30)10-23-11-18(27)15-4-6-16(7-5-15)26(31)32/h4-10,18,27,29H,11H2,1-3H3,(H,24,28,30)/t18-/m0/s1. The Labute approximate surface area is 182 Å². The van der Waals surface area contributed by atoms with Gasteiger partial charge in [-0.25, -0.2) is 9.36 Å². The number of rotatable bonds is 6. The van der Waals surface area contributed by atoms with Crippen LogP contribution < -0.4 is 11.2 Å². The molecular weight excluding hydrogens is 416 g/mol. The van der Waals surface area contributed by atoms with Crippen LogP contribution in [0.2, 0.25) is 0 Å². The van der Waals surface area contributed by atoms with E-state index in [4.69, 9.17) is 0 Å².